The lowest BCUT2D eigenvalue weighted by Gasteiger charge is -2.36. The molecule has 2 fully saturated rings. The van der Waals surface area contributed by atoms with Crippen LogP contribution in [0.25, 0.3) is 0 Å². The van der Waals surface area contributed by atoms with Gasteiger partial charge in [-0.25, -0.2) is 9.59 Å². The minimum absolute atomic E-state index is 0.0437. The Labute approximate surface area is 136 Å². The maximum atomic E-state index is 12.5. The number of rotatable bonds is 3. The third-order valence-corrected chi connectivity index (χ3v) is 4.23. The van der Waals surface area contributed by atoms with Gasteiger partial charge in [-0.15, -0.1) is 0 Å². The number of carbonyl (C=O) groups excluding carboxylic acids is 2. The highest BCUT2D eigenvalue weighted by Gasteiger charge is 2.41. The SMILES string of the molecule is CC(C)NC(=O)N1CCN2C(=O)N(Cc3cccnc3)CC2C1. The van der Waals surface area contributed by atoms with Gasteiger partial charge < -0.3 is 20.0 Å². The molecular formula is C16H23N5O2. The van der Waals surface area contributed by atoms with E-state index in [0.29, 0.717) is 32.7 Å². The molecule has 1 aromatic rings. The number of urea groups is 2. The second-order valence-electron chi connectivity index (χ2n) is 6.42. The predicted octanol–water partition coefficient (Wildman–Crippen LogP) is 1.12. The minimum atomic E-state index is -0.0437. The summed E-state index contributed by atoms with van der Waals surface area (Å²) in [6.45, 7) is 6.89. The summed E-state index contributed by atoms with van der Waals surface area (Å²) >= 11 is 0. The average molecular weight is 317 g/mol. The first-order valence-electron chi connectivity index (χ1n) is 8.04. The van der Waals surface area contributed by atoms with Gasteiger partial charge in [0.15, 0.2) is 0 Å². The van der Waals surface area contributed by atoms with Crippen molar-refractivity contribution in [2.45, 2.75) is 32.5 Å². The molecule has 0 aromatic carbocycles. The fourth-order valence-electron chi connectivity index (χ4n) is 3.14. The minimum Gasteiger partial charge on any atom is -0.336 e. The molecular weight excluding hydrogens is 294 g/mol. The molecule has 3 rings (SSSR count). The zero-order valence-corrected chi connectivity index (χ0v) is 13.6. The van der Waals surface area contributed by atoms with Crippen molar-refractivity contribution in [3.8, 4) is 0 Å². The molecule has 2 aliphatic heterocycles. The van der Waals surface area contributed by atoms with Crippen LogP contribution in [0.5, 0.6) is 0 Å². The van der Waals surface area contributed by atoms with Gasteiger partial charge in [-0.3, -0.25) is 4.98 Å². The highest BCUT2D eigenvalue weighted by atomic mass is 16.2. The number of pyridine rings is 1. The van der Waals surface area contributed by atoms with Gasteiger partial charge >= 0.3 is 12.1 Å². The Balaban J connectivity index is 1.62. The lowest BCUT2D eigenvalue weighted by Crippen LogP contribution is -2.56. The van der Waals surface area contributed by atoms with E-state index in [1.165, 1.54) is 0 Å². The van der Waals surface area contributed by atoms with Crippen LogP contribution in [-0.2, 0) is 6.54 Å². The second kappa shape index (κ2) is 6.44. The predicted molar refractivity (Wildman–Crippen MR) is 85.8 cm³/mol. The molecule has 0 bridgehead atoms. The van der Waals surface area contributed by atoms with Gasteiger partial charge in [0.2, 0.25) is 0 Å². The first kappa shape index (κ1) is 15.6. The van der Waals surface area contributed by atoms with E-state index in [9.17, 15) is 9.59 Å². The molecule has 3 heterocycles. The molecule has 1 unspecified atom stereocenters. The molecule has 0 spiro atoms. The number of fused-ring (bicyclic) bond motifs is 1. The van der Waals surface area contributed by atoms with Gasteiger partial charge in [0.1, 0.15) is 0 Å². The zero-order valence-electron chi connectivity index (χ0n) is 13.6. The van der Waals surface area contributed by atoms with Crippen LogP contribution in [0.1, 0.15) is 19.4 Å². The number of carbonyl (C=O) groups is 2. The van der Waals surface area contributed by atoms with Crippen LogP contribution in [-0.4, -0.2) is 70.0 Å². The monoisotopic (exact) mass is 317 g/mol. The van der Waals surface area contributed by atoms with Crippen LogP contribution in [0.3, 0.4) is 0 Å². The summed E-state index contributed by atoms with van der Waals surface area (Å²) in [6, 6.07) is 4.06. The standard InChI is InChI=1S/C16H23N5O2/c1-12(2)18-15(22)19-6-7-21-14(10-19)11-20(16(21)23)9-13-4-3-5-17-8-13/h3-5,8,12,14H,6-7,9-11H2,1-2H3,(H,18,22). The lowest BCUT2D eigenvalue weighted by molar-refractivity contribution is 0.128. The summed E-state index contributed by atoms with van der Waals surface area (Å²) in [6.07, 6.45) is 3.51. The van der Waals surface area contributed by atoms with Gasteiger partial charge in [-0.1, -0.05) is 6.07 Å². The molecule has 0 saturated carbocycles. The average Bonchev–Trinajstić information content (AvgIpc) is 2.83. The Hall–Kier alpha value is -2.31. The molecule has 2 saturated heterocycles. The lowest BCUT2D eigenvalue weighted by atomic mass is 10.2. The van der Waals surface area contributed by atoms with E-state index in [1.54, 1.807) is 12.4 Å². The number of hydrogen-bond donors (Lipinski definition) is 1. The van der Waals surface area contributed by atoms with E-state index in [1.807, 2.05) is 40.7 Å². The number of hydrogen-bond acceptors (Lipinski definition) is 3. The summed E-state index contributed by atoms with van der Waals surface area (Å²) in [5, 5.41) is 2.92. The Kier molecular flexibility index (Phi) is 4.36. The van der Waals surface area contributed by atoms with E-state index in [0.717, 1.165) is 5.56 Å². The van der Waals surface area contributed by atoms with Gasteiger partial charge in [0.05, 0.1) is 6.04 Å². The maximum Gasteiger partial charge on any atom is 0.320 e. The Morgan fingerprint density at radius 2 is 2.22 bits per heavy atom. The van der Waals surface area contributed by atoms with Crippen LogP contribution < -0.4 is 5.32 Å². The summed E-state index contributed by atoms with van der Waals surface area (Å²) in [5.41, 5.74) is 1.02. The molecule has 124 valence electrons. The van der Waals surface area contributed by atoms with Crippen LogP contribution in [0.4, 0.5) is 9.59 Å². The van der Waals surface area contributed by atoms with Crippen LogP contribution >= 0.6 is 0 Å². The highest BCUT2D eigenvalue weighted by Crippen LogP contribution is 2.22. The number of piperazine rings is 1. The van der Waals surface area contributed by atoms with E-state index in [-0.39, 0.29) is 24.1 Å². The zero-order chi connectivity index (χ0) is 16.4. The second-order valence-corrected chi connectivity index (χ2v) is 6.42. The van der Waals surface area contributed by atoms with E-state index < -0.39 is 0 Å². The highest BCUT2D eigenvalue weighted by molar-refractivity contribution is 5.79. The quantitative estimate of drug-likeness (QED) is 0.908. The molecule has 2 aliphatic rings. The summed E-state index contributed by atoms with van der Waals surface area (Å²) in [5.74, 6) is 0. The fourth-order valence-corrected chi connectivity index (χ4v) is 3.14. The topological polar surface area (TPSA) is 68.8 Å². The summed E-state index contributed by atoms with van der Waals surface area (Å²) < 4.78 is 0. The summed E-state index contributed by atoms with van der Waals surface area (Å²) in [7, 11) is 0. The van der Waals surface area contributed by atoms with Crippen LogP contribution in [0.2, 0.25) is 0 Å². The normalized spacial score (nSPS) is 20.9. The van der Waals surface area contributed by atoms with Crippen molar-refractivity contribution in [1.82, 2.24) is 25.0 Å². The number of amides is 4. The van der Waals surface area contributed by atoms with Crippen LogP contribution in [0.15, 0.2) is 24.5 Å². The molecule has 1 aromatic heterocycles. The maximum absolute atomic E-state index is 12.5. The molecule has 0 radical (unpaired) electrons. The Bertz CT molecular complexity index is 577. The van der Waals surface area contributed by atoms with Crippen molar-refractivity contribution in [1.29, 1.82) is 0 Å². The molecule has 1 N–H and O–H groups in total. The fraction of sp³-hybridized carbons (Fsp3) is 0.562. The Morgan fingerprint density at radius 3 is 2.91 bits per heavy atom. The smallest absolute Gasteiger partial charge is 0.320 e. The molecule has 1 atom stereocenters. The summed E-state index contributed by atoms with van der Waals surface area (Å²) in [4.78, 5) is 34.3. The van der Waals surface area contributed by atoms with Gasteiger partial charge in [0, 0.05) is 51.2 Å². The third kappa shape index (κ3) is 3.38. The molecule has 7 heteroatoms. The van der Waals surface area contributed by atoms with Crippen molar-refractivity contribution in [3.05, 3.63) is 30.1 Å². The number of aromatic nitrogens is 1. The van der Waals surface area contributed by atoms with Crippen molar-refractivity contribution >= 4 is 12.1 Å². The molecule has 7 nitrogen and oxygen atoms in total. The van der Waals surface area contributed by atoms with Crippen molar-refractivity contribution in [3.63, 3.8) is 0 Å². The molecule has 23 heavy (non-hydrogen) atoms. The van der Waals surface area contributed by atoms with Gasteiger partial charge in [-0.05, 0) is 25.5 Å². The first-order valence-corrected chi connectivity index (χ1v) is 8.04. The van der Waals surface area contributed by atoms with E-state index in [4.69, 9.17) is 0 Å². The van der Waals surface area contributed by atoms with Crippen molar-refractivity contribution in [2.24, 2.45) is 0 Å². The Morgan fingerprint density at radius 1 is 1.39 bits per heavy atom. The van der Waals surface area contributed by atoms with Gasteiger partial charge in [0.25, 0.3) is 0 Å². The largest absolute Gasteiger partial charge is 0.336 e. The van der Waals surface area contributed by atoms with E-state index in [2.05, 4.69) is 10.3 Å². The first-order chi connectivity index (χ1) is 11.0. The number of nitrogens with one attached hydrogen (secondary N) is 1. The van der Waals surface area contributed by atoms with Crippen molar-refractivity contribution in [2.75, 3.05) is 26.2 Å². The number of nitrogens with zero attached hydrogens (tertiary/aromatic N) is 4. The van der Waals surface area contributed by atoms with Crippen molar-refractivity contribution < 1.29 is 9.59 Å². The third-order valence-electron chi connectivity index (χ3n) is 4.23. The van der Waals surface area contributed by atoms with Gasteiger partial charge in [-0.2, -0.15) is 0 Å². The molecule has 4 amide bonds. The van der Waals surface area contributed by atoms with Crippen LogP contribution in [0, 0.1) is 0 Å². The van der Waals surface area contributed by atoms with E-state index >= 15 is 0 Å². The molecule has 0 aliphatic carbocycles.